The molecule has 2 aromatic carbocycles. The Balaban J connectivity index is 1.41. The van der Waals surface area contributed by atoms with Crippen LogP contribution in [0.2, 0.25) is 5.02 Å². The van der Waals surface area contributed by atoms with E-state index in [-0.39, 0.29) is 29.8 Å². The number of nitrogens with zero attached hydrogens (tertiary/aromatic N) is 1. The summed E-state index contributed by atoms with van der Waals surface area (Å²) in [4.78, 5) is 15.9. The van der Waals surface area contributed by atoms with E-state index in [1.807, 2.05) is 18.2 Å². The maximum atomic E-state index is 13.5. The second kappa shape index (κ2) is 11.7. The monoisotopic (exact) mass is 612 g/mol. The molecule has 6 nitrogen and oxygen atoms in total. The molecule has 1 unspecified atom stereocenters. The Bertz CT molecular complexity index is 1450. The summed E-state index contributed by atoms with van der Waals surface area (Å²) >= 11 is 6.42. The van der Waals surface area contributed by atoms with Crippen LogP contribution in [0.4, 0.5) is 5.69 Å². The number of halogens is 1. The zero-order valence-electron chi connectivity index (χ0n) is 24.9. The molecule has 2 N–H and O–H groups in total. The maximum absolute atomic E-state index is 13.5. The normalized spacial score (nSPS) is 35.2. The van der Waals surface area contributed by atoms with Crippen molar-refractivity contribution < 1.29 is 18.8 Å². The molecule has 1 fully saturated rings. The predicted octanol–water partition coefficient (Wildman–Crippen LogP) is 5.88. The molecule has 0 saturated heterocycles. The molecule has 8 heteroatoms. The van der Waals surface area contributed by atoms with Crippen molar-refractivity contribution in [3.8, 4) is 5.75 Å². The summed E-state index contributed by atoms with van der Waals surface area (Å²) in [6.45, 7) is 6.68. The standard InChI is InChI=1S/C34H45ClN2O4S/c1-22-6-7-27(18-38)29-11-8-26(29)17-37-20-34(14-4-5-24-15-28(35)10-12-30(24)34)21-41-32-13-9-25(16-31(32)37)33(39)36-42(3,40)19-23(22)2/h9-10,12-13,15-16,22-23,26-27,29,38H,3-8,11,14,17-21H2,1-2H3,(H,36,39,40)/t22-,23+,26-,27+,29+,34-,42?/m0/s1. The molecular weight excluding hydrogens is 568 g/mol. The van der Waals surface area contributed by atoms with Gasteiger partial charge in [0.05, 0.1) is 12.3 Å². The quantitative estimate of drug-likeness (QED) is 0.394. The van der Waals surface area contributed by atoms with E-state index in [2.05, 4.69) is 41.5 Å². The zero-order valence-corrected chi connectivity index (χ0v) is 26.5. The number of carbonyl (C=O) groups excluding carboxylic acids is 1. The third-order valence-electron chi connectivity index (χ3n) is 10.8. The van der Waals surface area contributed by atoms with Gasteiger partial charge in [-0.3, -0.25) is 9.52 Å². The van der Waals surface area contributed by atoms with Crippen LogP contribution in [0.3, 0.4) is 0 Å². The first-order chi connectivity index (χ1) is 20.1. The predicted molar refractivity (Wildman–Crippen MR) is 172 cm³/mol. The largest absolute Gasteiger partial charge is 0.490 e. The van der Waals surface area contributed by atoms with E-state index in [0.29, 0.717) is 35.7 Å². The number of carbonyl (C=O) groups is 1. The molecule has 4 aliphatic rings. The van der Waals surface area contributed by atoms with Gasteiger partial charge in [-0.2, -0.15) is 0 Å². The van der Waals surface area contributed by atoms with Gasteiger partial charge < -0.3 is 14.7 Å². The highest BCUT2D eigenvalue weighted by Crippen LogP contribution is 2.48. The number of aryl methyl sites for hydroxylation is 1. The average molecular weight is 613 g/mol. The van der Waals surface area contributed by atoms with Crippen LogP contribution in [-0.4, -0.2) is 53.1 Å². The summed E-state index contributed by atoms with van der Waals surface area (Å²) in [6, 6.07) is 11.9. The third kappa shape index (κ3) is 5.81. The van der Waals surface area contributed by atoms with Gasteiger partial charge in [-0.05, 0) is 115 Å². The van der Waals surface area contributed by atoms with Crippen molar-refractivity contribution in [3.63, 3.8) is 0 Å². The summed E-state index contributed by atoms with van der Waals surface area (Å²) in [5, 5.41) is 11.2. The van der Waals surface area contributed by atoms with Gasteiger partial charge in [-0.15, -0.1) is 0 Å². The van der Waals surface area contributed by atoms with Crippen molar-refractivity contribution >= 4 is 38.8 Å². The minimum Gasteiger partial charge on any atom is -0.490 e. The number of benzene rings is 2. The Morgan fingerprint density at radius 1 is 1.14 bits per heavy atom. The number of ether oxygens (including phenoxy) is 1. The van der Waals surface area contributed by atoms with Gasteiger partial charge in [0, 0.05) is 51.2 Å². The highest BCUT2D eigenvalue weighted by Gasteiger charge is 2.44. The minimum absolute atomic E-state index is 0.139. The molecule has 228 valence electrons. The smallest absolute Gasteiger partial charge is 0.262 e. The number of rotatable bonds is 1. The maximum Gasteiger partial charge on any atom is 0.262 e. The van der Waals surface area contributed by atoms with E-state index in [1.165, 1.54) is 11.1 Å². The Hall–Kier alpha value is -2.22. The lowest BCUT2D eigenvalue weighted by molar-refractivity contribution is 0.0543. The number of anilines is 1. The lowest BCUT2D eigenvalue weighted by Crippen LogP contribution is -2.49. The molecular formula is C34H45ClN2O4S. The van der Waals surface area contributed by atoms with Gasteiger partial charge in [0.2, 0.25) is 0 Å². The molecule has 1 saturated carbocycles. The molecule has 0 radical (unpaired) electrons. The fourth-order valence-corrected chi connectivity index (χ4v) is 9.95. The van der Waals surface area contributed by atoms with Gasteiger partial charge >= 0.3 is 0 Å². The number of nitrogens with one attached hydrogen (secondary N) is 1. The number of aliphatic hydroxyl groups is 1. The summed E-state index contributed by atoms with van der Waals surface area (Å²) in [5.74, 6) is 6.35. The lowest BCUT2D eigenvalue weighted by atomic mass is 9.65. The number of hydrogen-bond acceptors (Lipinski definition) is 5. The second-order valence-electron chi connectivity index (χ2n) is 13.7. The fraction of sp³-hybridized carbons (Fsp3) is 0.588. The summed E-state index contributed by atoms with van der Waals surface area (Å²) in [5.41, 5.74) is 3.80. The summed E-state index contributed by atoms with van der Waals surface area (Å²) in [7, 11) is -2.82. The molecule has 2 bridgehead atoms. The Morgan fingerprint density at radius 3 is 2.74 bits per heavy atom. The van der Waals surface area contributed by atoms with E-state index in [1.54, 1.807) is 6.07 Å². The number of fused-ring (bicyclic) bond motifs is 4. The van der Waals surface area contributed by atoms with Crippen LogP contribution in [0.15, 0.2) is 36.4 Å². The van der Waals surface area contributed by atoms with Crippen molar-refractivity contribution in [2.45, 2.75) is 64.2 Å². The van der Waals surface area contributed by atoms with E-state index < -0.39 is 9.71 Å². The van der Waals surface area contributed by atoms with Crippen molar-refractivity contribution in [1.82, 2.24) is 4.72 Å². The van der Waals surface area contributed by atoms with Crippen molar-refractivity contribution in [1.29, 1.82) is 0 Å². The molecule has 6 rings (SSSR count). The van der Waals surface area contributed by atoms with Crippen LogP contribution in [0.5, 0.6) is 5.75 Å². The third-order valence-corrected chi connectivity index (χ3v) is 12.7. The van der Waals surface area contributed by atoms with E-state index in [0.717, 1.165) is 74.5 Å². The number of hydrogen-bond donors (Lipinski definition) is 2. The van der Waals surface area contributed by atoms with Gasteiger partial charge in [0.1, 0.15) is 5.75 Å². The van der Waals surface area contributed by atoms with Gasteiger partial charge in [0.25, 0.3) is 5.91 Å². The van der Waals surface area contributed by atoms with Gasteiger partial charge in [-0.1, -0.05) is 37.9 Å². The van der Waals surface area contributed by atoms with E-state index in [4.69, 9.17) is 16.3 Å². The van der Waals surface area contributed by atoms with Crippen molar-refractivity contribution in [2.24, 2.45) is 29.6 Å². The Morgan fingerprint density at radius 2 is 1.98 bits per heavy atom. The molecule has 1 spiro atoms. The molecule has 2 aliphatic heterocycles. The average Bonchev–Trinajstić information content (AvgIpc) is 3.08. The second-order valence-corrected chi connectivity index (χ2v) is 16.3. The van der Waals surface area contributed by atoms with Crippen LogP contribution in [-0.2, 0) is 21.5 Å². The highest BCUT2D eigenvalue weighted by atomic mass is 35.5. The SMILES string of the molecule is C=S1(=O)C[C@@H](C)[C@@H](C)CC[C@H](CO)[C@@H]2CC[C@H]2CN2C[C@@]3(CCCc4cc(Cl)ccc43)COc3ccc(cc32)C(=O)N1. The molecule has 1 amide bonds. The first-order valence-corrected chi connectivity index (χ1v) is 17.9. The molecule has 2 aromatic rings. The van der Waals surface area contributed by atoms with Crippen LogP contribution < -0.4 is 14.4 Å². The van der Waals surface area contributed by atoms with Crippen LogP contribution in [0.25, 0.3) is 0 Å². The minimum atomic E-state index is -2.82. The summed E-state index contributed by atoms with van der Waals surface area (Å²) < 4.78 is 22.8. The summed E-state index contributed by atoms with van der Waals surface area (Å²) in [6.07, 6.45) is 7.30. The molecule has 7 atom stereocenters. The topological polar surface area (TPSA) is 78.9 Å². The van der Waals surface area contributed by atoms with Crippen LogP contribution >= 0.6 is 11.6 Å². The van der Waals surface area contributed by atoms with Crippen molar-refractivity contribution in [2.75, 3.05) is 37.0 Å². The first-order valence-electron chi connectivity index (χ1n) is 15.7. The fourth-order valence-electron chi connectivity index (χ4n) is 8.04. The highest BCUT2D eigenvalue weighted by molar-refractivity contribution is 7.99. The Kier molecular flexibility index (Phi) is 8.31. The van der Waals surface area contributed by atoms with Crippen LogP contribution in [0, 0.1) is 29.6 Å². The Labute approximate surface area is 256 Å². The lowest BCUT2D eigenvalue weighted by Gasteiger charge is -2.46. The van der Waals surface area contributed by atoms with Gasteiger partial charge in [0.15, 0.2) is 0 Å². The molecule has 2 heterocycles. The molecule has 42 heavy (non-hydrogen) atoms. The number of amides is 1. The molecule has 2 aliphatic carbocycles. The van der Waals surface area contributed by atoms with Crippen molar-refractivity contribution in [3.05, 3.63) is 58.1 Å². The van der Waals surface area contributed by atoms with Crippen LogP contribution in [0.1, 0.15) is 73.9 Å². The van der Waals surface area contributed by atoms with Gasteiger partial charge in [-0.25, -0.2) is 4.21 Å². The van der Waals surface area contributed by atoms with E-state index in [9.17, 15) is 14.1 Å². The first kappa shape index (κ1) is 29.8. The zero-order chi connectivity index (χ0) is 29.6. The molecule has 0 aromatic heterocycles. The van der Waals surface area contributed by atoms with E-state index >= 15 is 0 Å². The number of aliphatic hydroxyl groups excluding tert-OH is 1.